The van der Waals surface area contributed by atoms with E-state index in [2.05, 4.69) is 39.2 Å². The number of hydrogen-bond acceptors (Lipinski definition) is 5. The number of nitrogens with one attached hydrogen (secondary N) is 2. The van der Waals surface area contributed by atoms with Crippen LogP contribution in [0.2, 0.25) is 0 Å². The van der Waals surface area contributed by atoms with Gasteiger partial charge in [-0.05, 0) is 38.6 Å². The maximum atomic E-state index is 12.9. The van der Waals surface area contributed by atoms with Gasteiger partial charge in [0.15, 0.2) is 5.82 Å². The molecule has 1 amide bonds. The van der Waals surface area contributed by atoms with Crippen LogP contribution in [0.25, 0.3) is 0 Å². The number of ether oxygens (including phenoxy) is 1. The highest BCUT2D eigenvalue weighted by Crippen LogP contribution is 2.28. The number of aromatic nitrogens is 3. The molecular formula is C20H35N5O2. The summed E-state index contributed by atoms with van der Waals surface area (Å²) >= 11 is 0. The van der Waals surface area contributed by atoms with E-state index in [0.717, 1.165) is 56.5 Å². The molecule has 1 aromatic heterocycles. The van der Waals surface area contributed by atoms with Gasteiger partial charge in [-0.2, -0.15) is 5.10 Å². The third-order valence-corrected chi connectivity index (χ3v) is 6.23. The number of likely N-dealkylation sites (tertiary alicyclic amines) is 1. The van der Waals surface area contributed by atoms with E-state index < -0.39 is 0 Å². The minimum atomic E-state index is 0.0682. The van der Waals surface area contributed by atoms with Crippen LogP contribution in [-0.2, 0) is 9.53 Å². The molecule has 0 bridgehead atoms. The molecule has 3 rings (SSSR count). The molecule has 2 fully saturated rings. The Morgan fingerprint density at radius 2 is 2.04 bits per heavy atom. The highest BCUT2D eigenvalue weighted by molar-refractivity contribution is 5.79. The van der Waals surface area contributed by atoms with E-state index in [0.29, 0.717) is 13.2 Å². The van der Waals surface area contributed by atoms with Crippen molar-refractivity contribution in [2.45, 2.75) is 64.8 Å². The van der Waals surface area contributed by atoms with Crippen LogP contribution in [0.1, 0.15) is 63.5 Å². The summed E-state index contributed by atoms with van der Waals surface area (Å²) in [6, 6.07) is 0.0682. The van der Waals surface area contributed by atoms with Crippen molar-refractivity contribution in [3.63, 3.8) is 0 Å². The summed E-state index contributed by atoms with van der Waals surface area (Å²) < 4.78 is 5.41. The SMILES string of the molecule is CCC(CC)CN1CC[C@H](c2n[nH]c(C)n2)[C@H](NC(=O)C2CCOCC2)C1. The Morgan fingerprint density at radius 3 is 2.67 bits per heavy atom. The largest absolute Gasteiger partial charge is 0.381 e. The second-order valence-electron chi connectivity index (χ2n) is 8.12. The summed E-state index contributed by atoms with van der Waals surface area (Å²) in [6.07, 6.45) is 5.03. The van der Waals surface area contributed by atoms with Crippen molar-refractivity contribution in [3.05, 3.63) is 11.6 Å². The molecule has 2 aliphatic rings. The van der Waals surface area contributed by atoms with E-state index in [1.165, 1.54) is 12.8 Å². The second-order valence-corrected chi connectivity index (χ2v) is 8.12. The smallest absolute Gasteiger partial charge is 0.223 e. The van der Waals surface area contributed by atoms with E-state index in [9.17, 15) is 4.79 Å². The summed E-state index contributed by atoms with van der Waals surface area (Å²) in [7, 11) is 0. The molecular weight excluding hydrogens is 342 g/mol. The number of carbonyl (C=O) groups is 1. The number of amides is 1. The van der Waals surface area contributed by atoms with Crippen LogP contribution in [0, 0.1) is 18.8 Å². The van der Waals surface area contributed by atoms with Crippen molar-refractivity contribution in [2.24, 2.45) is 11.8 Å². The summed E-state index contributed by atoms with van der Waals surface area (Å²) in [6.45, 7) is 10.9. The summed E-state index contributed by atoms with van der Waals surface area (Å²) in [5.74, 6) is 2.81. The van der Waals surface area contributed by atoms with Gasteiger partial charge in [-0.1, -0.05) is 26.7 Å². The molecule has 0 aromatic carbocycles. The van der Waals surface area contributed by atoms with Crippen molar-refractivity contribution in [2.75, 3.05) is 32.8 Å². The quantitative estimate of drug-likeness (QED) is 0.761. The third-order valence-electron chi connectivity index (χ3n) is 6.23. The molecule has 27 heavy (non-hydrogen) atoms. The standard InChI is InChI=1S/C20H35N5O2/c1-4-15(5-2)12-25-9-6-17(19-21-14(3)23-24-19)18(13-25)22-20(26)16-7-10-27-11-8-16/h15-18H,4-13H2,1-3H3,(H,22,26)(H,21,23,24)/t17-,18+/m0/s1. The number of carbonyl (C=O) groups excluding carboxylic acids is 1. The van der Waals surface area contributed by atoms with E-state index >= 15 is 0 Å². The van der Waals surface area contributed by atoms with Crippen LogP contribution in [0.15, 0.2) is 0 Å². The first-order valence-electron chi connectivity index (χ1n) is 10.6. The zero-order chi connectivity index (χ0) is 19.2. The lowest BCUT2D eigenvalue weighted by molar-refractivity contribution is -0.129. The van der Waals surface area contributed by atoms with E-state index in [4.69, 9.17) is 4.74 Å². The van der Waals surface area contributed by atoms with Gasteiger partial charge in [0.25, 0.3) is 0 Å². The van der Waals surface area contributed by atoms with Gasteiger partial charge >= 0.3 is 0 Å². The Bertz CT molecular complexity index is 595. The molecule has 0 unspecified atom stereocenters. The van der Waals surface area contributed by atoms with E-state index in [1.807, 2.05) is 6.92 Å². The summed E-state index contributed by atoms with van der Waals surface area (Å²) in [5, 5.41) is 10.7. The van der Waals surface area contributed by atoms with Crippen LogP contribution in [0.3, 0.4) is 0 Å². The third kappa shape index (κ3) is 5.29. The van der Waals surface area contributed by atoms with Crippen LogP contribution in [0.4, 0.5) is 0 Å². The fourth-order valence-corrected chi connectivity index (χ4v) is 4.34. The molecule has 2 saturated heterocycles. The maximum Gasteiger partial charge on any atom is 0.223 e. The predicted octanol–water partition coefficient (Wildman–Crippen LogP) is 2.25. The van der Waals surface area contributed by atoms with Crippen molar-refractivity contribution < 1.29 is 9.53 Å². The Labute approximate surface area is 162 Å². The fourth-order valence-electron chi connectivity index (χ4n) is 4.34. The first kappa shape index (κ1) is 20.3. The normalized spacial score (nSPS) is 25.0. The molecule has 7 heteroatoms. The van der Waals surface area contributed by atoms with Crippen molar-refractivity contribution in [1.82, 2.24) is 25.4 Å². The van der Waals surface area contributed by atoms with Crippen molar-refractivity contribution >= 4 is 5.91 Å². The molecule has 7 nitrogen and oxygen atoms in total. The fraction of sp³-hybridized carbons (Fsp3) is 0.850. The van der Waals surface area contributed by atoms with Crippen LogP contribution < -0.4 is 5.32 Å². The van der Waals surface area contributed by atoms with Gasteiger partial charge in [-0.3, -0.25) is 9.89 Å². The summed E-state index contributed by atoms with van der Waals surface area (Å²) in [5.41, 5.74) is 0. The minimum absolute atomic E-state index is 0.0682. The van der Waals surface area contributed by atoms with Gasteiger partial charge in [0.2, 0.25) is 5.91 Å². The molecule has 2 aliphatic heterocycles. The molecule has 0 radical (unpaired) electrons. The van der Waals surface area contributed by atoms with Crippen molar-refractivity contribution in [1.29, 1.82) is 0 Å². The monoisotopic (exact) mass is 377 g/mol. The van der Waals surface area contributed by atoms with Crippen molar-refractivity contribution in [3.8, 4) is 0 Å². The maximum absolute atomic E-state index is 12.9. The second kappa shape index (κ2) is 9.64. The van der Waals surface area contributed by atoms with Gasteiger partial charge in [-0.15, -0.1) is 0 Å². The number of aryl methyl sites for hydroxylation is 1. The molecule has 1 aromatic rings. The van der Waals surface area contributed by atoms with Gasteiger partial charge in [-0.25, -0.2) is 4.98 Å². The average Bonchev–Trinajstić information content (AvgIpc) is 3.13. The Morgan fingerprint density at radius 1 is 1.30 bits per heavy atom. The lowest BCUT2D eigenvalue weighted by Gasteiger charge is -2.39. The van der Waals surface area contributed by atoms with Crippen LogP contribution >= 0.6 is 0 Å². The predicted molar refractivity (Wildman–Crippen MR) is 104 cm³/mol. The highest BCUT2D eigenvalue weighted by Gasteiger charge is 2.35. The molecule has 3 heterocycles. The average molecular weight is 378 g/mol. The Balaban J connectivity index is 1.68. The van der Waals surface area contributed by atoms with Gasteiger partial charge in [0.1, 0.15) is 5.82 Å². The molecule has 0 spiro atoms. The number of rotatable bonds is 7. The minimum Gasteiger partial charge on any atom is -0.381 e. The lowest BCUT2D eigenvalue weighted by atomic mass is 9.88. The van der Waals surface area contributed by atoms with Gasteiger partial charge in [0.05, 0.1) is 6.04 Å². The lowest BCUT2D eigenvalue weighted by Crippen LogP contribution is -2.54. The zero-order valence-electron chi connectivity index (χ0n) is 17.0. The Kier molecular flexibility index (Phi) is 7.24. The molecule has 0 aliphatic carbocycles. The summed E-state index contributed by atoms with van der Waals surface area (Å²) in [4.78, 5) is 19.9. The molecule has 152 valence electrons. The van der Waals surface area contributed by atoms with Crippen LogP contribution in [0.5, 0.6) is 0 Å². The van der Waals surface area contributed by atoms with Gasteiger partial charge < -0.3 is 15.0 Å². The first-order chi connectivity index (χ1) is 13.1. The van der Waals surface area contributed by atoms with Crippen LogP contribution in [-0.4, -0.2) is 64.9 Å². The number of H-pyrrole nitrogens is 1. The number of piperidine rings is 1. The van der Waals surface area contributed by atoms with Gasteiger partial charge in [0, 0.05) is 38.1 Å². The Hall–Kier alpha value is -1.47. The zero-order valence-corrected chi connectivity index (χ0v) is 17.0. The first-order valence-corrected chi connectivity index (χ1v) is 10.6. The highest BCUT2D eigenvalue weighted by atomic mass is 16.5. The molecule has 2 N–H and O–H groups in total. The number of nitrogens with zero attached hydrogens (tertiary/aromatic N) is 3. The number of hydrogen-bond donors (Lipinski definition) is 2. The topological polar surface area (TPSA) is 83.1 Å². The molecule has 0 saturated carbocycles. The molecule has 2 atom stereocenters. The van der Waals surface area contributed by atoms with E-state index in [1.54, 1.807) is 0 Å². The number of aromatic amines is 1. The van der Waals surface area contributed by atoms with E-state index in [-0.39, 0.29) is 23.8 Å².